The summed E-state index contributed by atoms with van der Waals surface area (Å²) in [5, 5.41) is 0. The first-order chi connectivity index (χ1) is 3.80. The molecule has 0 bridgehead atoms. The van der Waals surface area contributed by atoms with Crippen LogP contribution in [0.4, 0.5) is 0 Å². The first-order valence-corrected chi connectivity index (χ1v) is 4.82. The maximum absolute atomic E-state index is 10.5. The summed E-state index contributed by atoms with van der Waals surface area (Å²) in [5.74, 6) is 0. The summed E-state index contributed by atoms with van der Waals surface area (Å²) in [5.41, 5.74) is 0. The monoisotopic (exact) mass is 194 g/mol. The first-order valence-electron chi connectivity index (χ1n) is 1.87. The molecule has 0 aliphatic rings. The van der Waals surface area contributed by atoms with E-state index in [9.17, 15) is 4.21 Å². The molecule has 1 rings (SSSR count). The van der Waals surface area contributed by atoms with Gasteiger partial charge in [-0.3, -0.25) is 0 Å². The van der Waals surface area contributed by atoms with Gasteiger partial charge in [-0.2, -0.15) is 0 Å². The number of halogens is 1. The molecule has 0 saturated heterocycles. The first kappa shape index (κ1) is 5.97. The molecule has 0 spiro atoms. The van der Waals surface area contributed by atoms with Crippen LogP contribution in [0.3, 0.4) is 0 Å². The minimum Gasteiger partial charge on any atom is -0.246 e. The number of imidazole rings is 1. The molecule has 0 aliphatic heterocycles. The van der Waals surface area contributed by atoms with Gasteiger partial charge in [-0.25, -0.2) is 13.2 Å². The lowest BCUT2D eigenvalue weighted by Gasteiger charge is -1.86. The summed E-state index contributed by atoms with van der Waals surface area (Å²) >= 11 is 2.86. The molecular weight excluding hydrogens is 192 g/mol. The van der Waals surface area contributed by atoms with Crippen LogP contribution in [0.5, 0.6) is 0 Å². The van der Waals surface area contributed by atoms with Crippen LogP contribution in [0.25, 0.3) is 0 Å². The zero-order valence-corrected chi connectivity index (χ0v) is 6.22. The number of nitrogens with zero attached hydrogens (tertiary/aromatic N) is 2. The topological polar surface area (TPSA) is 34.9 Å². The Hall–Kier alpha value is -0.160. The van der Waals surface area contributed by atoms with Gasteiger partial charge >= 0.3 is 0 Å². The molecule has 3 nitrogen and oxygen atoms in total. The summed E-state index contributed by atoms with van der Waals surface area (Å²) in [4.78, 5) is 3.68. The van der Waals surface area contributed by atoms with Crippen molar-refractivity contribution < 1.29 is 4.21 Å². The fraction of sp³-hybridized carbons (Fsp3) is 0. The van der Waals surface area contributed by atoms with Crippen molar-refractivity contribution in [2.24, 2.45) is 0 Å². The van der Waals surface area contributed by atoms with Crippen LogP contribution in [0, 0.1) is 0 Å². The van der Waals surface area contributed by atoms with Gasteiger partial charge in [0.1, 0.15) is 6.33 Å². The molecule has 1 aromatic rings. The van der Waals surface area contributed by atoms with Crippen molar-refractivity contribution >= 4 is 24.2 Å². The zero-order chi connectivity index (χ0) is 5.98. The number of rotatable bonds is 1. The average Bonchev–Trinajstić information content (AvgIpc) is 2.12. The molecule has 0 aromatic carbocycles. The molecule has 1 aromatic heterocycles. The average molecular weight is 195 g/mol. The van der Waals surface area contributed by atoms with E-state index in [2.05, 4.69) is 19.8 Å². The standard InChI is InChI=1S/C3H3BrN2OS/c4-8(7)6-2-1-5-3-6/h1-3H. The Morgan fingerprint density at radius 1 is 1.75 bits per heavy atom. The van der Waals surface area contributed by atoms with Crippen LogP contribution in [-0.2, 0) is 9.42 Å². The third-order valence-electron chi connectivity index (χ3n) is 0.646. The maximum atomic E-state index is 10.5. The Labute approximate surface area is 56.5 Å². The second kappa shape index (κ2) is 2.41. The van der Waals surface area contributed by atoms with E-state index >= 15 is 0 Å². The van der Waals surface area contributed by atoms with Crippen molar-refractivity contribution in [3.8, 4) is 0 Å². The van der Waals surface area contributed by atoms with Crippen LogP contribution in [0.1, 0.15) is 0 Å². The molecule has 1 atom stereocenters. The summed E-state index contributed by atoms with van der Waals surface area (Å²) < 4.78 is 11.9. The lowest BCUT2D eigenvalue weighted by Crippen LogP contribution is -1.89. The molecule has 5 heteroatoms. The fourth-order valence-corrected chi connectivity index (χ4v) is 1.12. The van der Waals surface area contributed by atoms with E-state index in [-0.39, 0.29) is 0 Å². The maximum Gasteiger partial charge on any atom is 0.195 e. The quantitative estimate of drug-likeness (QED) is 0.618. The lowest BCUT2D eigenvalue weighted by molar-refractivity contribution is 0.687. The molecular formula is C3H3BrN2OS. The number of hydrogen-bond acceptors (Lipinski definition) is 2. The Kier molecular flexibility index (Phi) is 1.80. The normalized spacial score (nSPS) is 13.6. The van der Waals surface area contributed by atoms with E-state index in [1.165, 1.54) is 10.3 Å². The van der Waals surface area contributed by atoms with E-state index in [4.69, 9.17) is 0 Å². The highest BCUT2D eigenvalue weighted by molar-refractivity contribution is 9.46. The molecule has 8 heavy (non-hydrogen) atoms. The van der Waals surface area contributed by atoms with Crippen LogP contribution in [0.15, 0.2) is 18.7 Å². The number of aromatic nitrogens is 2. The van der Waals surface area contributed by atoms with Crippen LogP contribution in [-0.4, -0.2) is 13.2 Å². The van der Waals surface area contributed by atoms with Crippen molar-refractivity contribution in [3.05, 3.63) is 18.7 Å². The van der Waals surface area contributed by atoms with Gasteiger partial charge in [-0.05, 0) is 0 Å². The minimum absolute atomic E-state index is 1.13. The van der Waals surface area contributed by atoms with Crippen molar-refractivity contribution in [2.75, 3.05) is 0 Å². The van der Waals surface area contributed by atoms with Gasteiger partial charge in [0.15, 0.2) is 9.42 Å². The largest absolute Gasteiger partial charge is 0.246 e. The highest BCUT2D eigenvalue weighted by Crippen LogP contribution is 1.96. The Bertz CT molecular complexity index is 185. The smallest absolute Gasteiger partial charge is 0.195 e. The van der Waals surface area contributed by atoms with Crippen molar-refractivity contribution in [1.29, 1.82) is 0 Å². The molecule has 0 aliphatic carbocycles. The van der Waals surface area contributed by atoms with Crippen LogP contribution < -0.4 is 0 Å². The van der Waals surface area contributed by atoms with Crippen LogP contribution >= 0.6 is 14.8 Å². The highest BCUT2D eigenvalue weighted by Gasteiger charge is 1.90. The molecule has 1 unspecified atom stereocenters. The van der Waals surface area contributed by atoms with Crippen molar-refractivity contribution in [1.82, 2.24) is 8.96 Å². The Morgan fingerprint density at radius 3 is 2.75 bits per heavy atom. The van der Waals surface area contributed by atoms with E-state index in [1.54, 1.807) is 12.4 Å². The fourth-order valence-electron chi connectivity index (χ4n) is 0.332. The highest BCUT2D eigenvalue weighted by atomic mass is 79.9. The third kappa shape index (κ3) is 1.16. The predicted octanol–water partition coefficient (Wildman–Crippen LogP) is 0.705. The Morgan fingerprint density at radius 2 is 2.50 bits per heavy atom. The second-order valence-corrected chi connectivity index (χ2v) is 3.63. The molecule has 0 radical (unpaired) electrons. The van der Waals surface area contributed by atoms with E-state index in [0.29, 0.717) is 0 Å². The van der Waals surface area contributed by atoms with Crippen LogP contribution in [0.2, 0.25) is 0 Å². The summed E-state index contributed by atoms with van der Waals surface area (Å²) in [6, 6.07) is 0. The SMILES string of the molecule is O=S(Br)n1ccnc1. The molecule has 1 heterocycles. The number of hydrogen-bond donors (Lipinski definition) is 0. The van der Waals surface area contributed by atoms with E-state index in [1.807, 2.05) is 0 Å². The molecule has 0 saturated carbocycles. The molecule has 0 N–H and O–H groups in total. The van der Waals surface area contributed by atoms with Gasteiger partial charge < -0.3 is 0 Å². The van der Waals surface area contributed by atoms with Gasteiger partial charge in [-0.15, -0.1) is 0 Å². The van der Waals surface area contributed by atoms with Gasteiger partial charge in [-0.1, -0.05) is 0 Å². The predicted molar refractivity (Wildman–Crippen MR) is 34.7 cm³/mol. The van der Waals surface area contributed by atoms with Crippen molar-refractivity contribution in [3.63, 3.8) is 0 Å². The molecule has 44 valence electrons. The molecule has 0 amide bonds. The van der Waals surface area contributed by atoms with Gasteiger partial charge in [0.05, 0.1) is 14.8 Å². The van der Waals surface area contributed by atoms with Gasteiger partial charge in [0, 0.05) is 12.4 Å². The van der Waals surface area contributed by atoms with E-state index < -0.39 is 9.42 Å². The van der Waals surface area contributed by atoms with Gasteiger partial charge in [0.2, 0.25) is 0 Å². The van der Waals surface area contributed by atoms with E-state index in [0.717, 1.165) is 0 Å². The van der Waals surface area contributed by atoms with Gasteiger partial charge in [0.25, 0.3) is 0 Å². The minimum atomic E-state index is -1.13. The summed E-state index contributed by atoms with van der Waals surface area (Å²) in [6.07, 6.45) is 4.66. The Balaban J connectivity index is 2.93. The second-order valence-electron chi connectivity index (χ2n) is 1.13. The van der Waals surface area contributed by atoms with Crippen molar-refractivity contribution in [2.45, 2.75) is 0 Å². The summed E-state index contributed by atoms with van der Waals surface area (Å²) in [6.45, 7) is 0. The zero-order valence-electron chi connectivity index (χ0n) is 3.82. The summed E-state index contributed by atoms with van der Waals surface area (Å²) in [7, 11) is -1.13. The lowest BCUT2D eigenvalue weighted by atomic mass is 11.0. The molecule has 0 fully saturated rings. The third-order valence-corrected chi connectivity index (χ3v) is 2.20.